The summed E-state index contributed by atoms with van der Waals surface area (Å²) in [6.45, 7) is 4.67. The van der Waals surface area contributed by atoms with Crippen LogP contribution in [-0.4, -0.2) is 30.0 Å². The average molecular weight is 259 g/mol. The van der Waals surface area contributed by atoms with Gasteiger partial charge in [-0.05, 0) is 24.1 Å². The second kappa shape index (κ2) is 7.07. The van der Waals surface area contributed by atoms with Crippen LogP contribution in [0, 0.1) is 5.92 Å². The first-order chi connectivity index (χ1) is 9.29. The minimum atomic E-state index is 0.515. The van der Waals surface area contributed by atoms with Gasteiger partial charge in [0, 0.05) is 33.0 Å². The van der Waals surface area contributed by atoms with Crippen molar-refractivity contribution in [3.63, 3.8) is 0 Å². The van der Waals surface area contributed by atoms with E-state index < -0.39 is 0 Å². The van der Waals surface area contributed by atoms with Crippen molar-refractivity contribution in [3.05, 3.63) is 48.3 Å². The topological polar surface area (TPSA) is 39.1 Å². The highest BCUT2D eigenvalue weighted by atomic mass is 16.5. The second-order valence-corrected chi connectivity index (χ2v) is 4.78. The fourth-order valence-electron chi connectivity index (χ4n) is 1.97. The third-order valence-electron chi connectivity index (χ3n) is 2.92. The normalized spacial score (nSPS) is 12.5. The van der Waals surface area contributed by atoms with E-state index in [1.165, 1.54) is 0 Å². The third-order valence-corrected chi connectivity index (χ3v) is 2.92. The smallest absolute Gasteiger partial charge is 0.0766 e. The molecule has 0 saturated heterocycles. The summed E-state index contributed by atoms with van der Waals surface area (Å²) in [6, 6.07) is 12.2. The number of ether oxygens (including phenoxy) is 1. The Labute approximate surface area is 114 Å². The third kappa shape index (κ3) is 4.19. The molecule has 0 aliphatic carbocycles. The van der Waals surface area contributed by atoms with Gasteiger partial charge in [-0.25, -0.2) is 4.68 Å². The molecular formula is C15H21N3O. The first-order valence-corrected chi connectivity index (χ1v) is 6.59. The SMILES string of the molecule is COCC(C)CNCc1ccn(-c2ccccc2)n1. The van der Waals surface area contributed by atoms with E-state index in [-0.39, 0.29) is 0 Å². The molecule has 1 atom stereocenters. The molecule has 0 bridgehead atoms. The van der Waals surface area contributed by atoms with Gasteiger partial charge in [-0.15, -0.1) is 0 Å². The Morgan fingerprint density at radius 1 is 1.26 bits per heavy atom. The lowest BCUT2D eigenvalue weighted by atomic mass is 10.2. The first-order valence-electron chi connectivity index (χ1n) is 6.59. The molecule has 0 amide bonds. The van der Waals surface area contributed by atoms with Crippen molar-refractivity contribution in [2.45, 2.75) is 13.5 Å². The maximum Gasteiger partial charge on any atom is 0.0766 e. The minimum Gasteiger partial charge on any atom is -0.384 e. The summed E-state index contributed by atoms with van der Waals surface area (Å²) < 4.78 is 7.01. The summed E-state index contributed by atoms with van der Waals surface area (Å²) in [4.78, 5) is 0. The second-order valence-electron chi connectivity index (χ2n) is 4.78. The van der Waals surface area contributed by atoms with Gasteiger partial charge in [0.15, 0.2) is 0 Å². The maximum absolute atomic E-state index is 5.11. The molecule has 1 heterocycles. The molecule has 1 aromatic carbocycles. The number of benzene rings is 1. The van der Waals surface area contributed by atoms with Gasteiger partial charge in [-0.1, -0.05) is 25.1 Å². The highest BCUT2D eigenvalue weighted by Gasteiger charge is 2.03. The van der Waals surface area contributed by atoms with Crippen molar-refractivity contribution in [2.75, 3.05) is 20.3 Å². The molecule has 4 nitrogen and oxygen atoms in total. The van der Waals surface area contributed by atoms with Gasteiger partial charge in [0.05, 0.1) is 11.4 Å². The summed E-state index contributed by atoms with van der Waals surface area (Å²) in [5.74, 6) is 0.515. The Morgan fingerprint density at radius 3 is 2.79 bits per heavy atom. The number of rotatable bonds is 7. The van der Waals surface area contributed by atoms with E-state index in [0.29, 0.717) is 5.92 Å². The Morgan fingerprint density at radius 2 is 2.05 bits per heavy atom. The van der Waals surface area contributed by atoms with Crippen LogP contribution in [0.25, 0.3) is 5.69 Å². The summed E-state index contributed by atoms with van der Waals surface area (Å²) >= 11 is 0. The largest absolute Gasteiger partial charge is 0.384 e. The van der Waals surface area contributed by atoms with Crippen molar-refractivity contribution >= 4 is 0 Å². The summed E-state index contributed by atoms with van der Waals surface area (Å²) in [7, 11) is 1.73. The van der Waals surface area contributed by atoms with Crippen LogP contribution in [-0.2, 0) is 11.3 Å². The lowest BCUT2D eigenvalue weighted by molar-refractivity contribution is 0.158. The van der Waals surface area contributed by atoms with Crippen LogP contribution in [0.15, 0.2) is 42.6 Å². The standard InChI is InChI=1S/C15H21N3O/c1-13(12-19-2)10-16-11-14-8-9-18(17-14)15-6-4-3-5-7-15/h3-9,13,16H,10-12H2,1-2H3. The lowest BCUT2D eigenvalue weighted by Gasteiger charge is -2.10. The van der Waals surface area contributed by atoms with E-state index >= 15 is 0 Å². The quantitative estimate of drug-likeness (QED) is 0.829. The number of hydrogen-bond donors (Lipinski definition) is 1. The number of methoxy groups -OCH3 is 1. The molecule has 0 aliphatic heterocycles. The maximum atomic E-state index is 5.11. The number of para-hydroxylation sites is 1. The van der Waals surface area contributed by atoms with Gasteiger partial charge in [0.2, 0.25) is 0 Å². The Kier molecular flexibility index (Phi) is 5.12. The number of aromatic nitrogens is 2. The van der Waals surface area contributed by atoms with E-state index in [1.54, 1.807) is 7.11 Å². The Bertz CT molecular complexity index is 481. The predicted octanol–water partition coefficient (Wildman–Crippen LogP) is 2.24. The summed E-state index contributed by atoms with van der Waals surface area (Å²) in [6.07, 6.45) is 1.99. The molecule has 0 spiro atoms. The van der Waals surface area contributed by atoms with E-state index in [4.69, 9.17) is 4.74 Å². The highest BCUT2D eigenvalue weighted by molar-refractivity contribution is 5.30. The molecule has 4 heteroatoms. The molecule has 2 rings (SSSR count). The highest BCUT2D eigenvalue weighted by Crippen LogP contribution is 2.06. The van der Waals surface area contributed by atoms with E-state index in [0.717, 1.165) is 31.1 Å². The number of nitrogens with one attached hydrogen (secondary N) is 1. The zero-order valence-electron chi connectivity index (χ0n) is 11.5. The van der Waals surface area contributed by atoms with Gasteiger partial charge in [0.25, 0.3) is 0 Å². The zero-order chi connectivity index (χ0) is 13.5. The molecular weight excluding hydrogens is 238 g/mol. The fourth-order valence-corrected chi connectivity index (χ4v) is 1.97. The van der Waals surface area contributed by atoms with Crippen LogP contribution >= 0.6 is 0 Å². The van der Waals surface area contributed by atoms with Crippen molar-refractivity contribution in [1.29, 1.82) is 0 Å². The molecule has 102 valence electrons. The summed E-state index contributed by atoms with van der Waals surface area (Å²) in [5.41, 5.74) is 2.13. The first kappa shape index (κ1) is 13.8. The van der Waals surface area contributed by atoms with Crippen molar-refractivity contribution in [1.82, 2.24) is 15.1 Å². The van der Waals surface area contributed by atoms with Crippen LogP contribution in [0.3, 0.4) is 0 Å². The van der Waals surface area contributed by atoms with Crippen molar-refractivity contribution < 1.29 is 4.74 Å². The van der Waals surface area contributed by atoms with Gasteiger partial charge in [-0.2, -0.15) is 5.10 Å². The Balaban J connectivity index is 1.85. The van der Waals surface area contributed by atoms with E-state index in [1.807, 2.05) is 47.3 Å². The number of hydrogen-bond acceptors (Lipinski definition) is 3. The van der Waals surface area contributed by atoms with Crippen LogP contribution in [0.1, 0.15) is 12.6 Å². The molecule has 2 aromatic rings. The van der Waals surface area contributed by atoms with Gasteiger partial charge in [0.1, 0.15) is 0 Å². The number of nitrogens with zero attached hydrogens (tertiary/aromatic N) is 2. The molecule has 19 heavy (non-hydrogen) atoms. The monoisotopic (exact) mass is 259 g/mol. The fraction of sp³-hybridized carbons (Fsp3) is 0.400. The van der Waals surface area contributed by atoms with Crippen LogP contribution in [0.4, 0.5) is 0 Å². The van der Waals surface area contributed by atoms with Gasteiger partial charge < -0.3 is 10.1 Å². The molecule has 1 N–H and O–H groups in total. The van der Waals surface area contributed by atoms with Gasteiger partial charge in [-0.3, -0.25) is 0 Å². The minimum absolute atomic E-state index is 0.515. The van der Waals surface area contributed by atoms with Crippen molar-refractivity contribution in [3.8, 4) is 5.69 Å². The molecule has 1 unspecified atom stereocenters. The molecule has 0 radical (unpaired) electrons. The molecule has 0 fully saturated rings. The average Bonchev–Trinajstić information content (AvgIpc) is 2.89. The molecule has 1 aromatic heterocycles. The van der Waals surface area contributed by atoms with Crippen molar-refractivity contribution in [2.24, 2.45) is 5.92 Å². The van der Waals surface area contributed by atoms with Crippen LogP contribution in [0.5, 0.6) is 0 Å². The van der Waals surface area contributed by atoms with Crippen LogP contribution in [0.2, 0.25) is 0 Å². The van der Waals surface area contributed by atoms with E-state index in [9.17, 15) is 0 Å². The molecule has 0 aliphatic rings. The zero-order valence-corrected chi connectivity index (χ0v) is 11.5. The van der Waals surface area contributed by atoms with Gasteiger partial charge >= 0.3 is 0 Å². The van der Waals surface area contributed by atoms with Crippen LogP contribution < -0.4 is 5.32 Å². The predicted molar refractivity (Wildman–Crippen MR) is 76.3 cm³/mol. The van der Waals surface area contributed by atoms with E-state index in [2.05, 4.69) is 17.3 Å². The lowest BCUT2D eigenvalue weighted by Crippen LogP contribution is -2.23. The summed E-state index contributed by atoms with van der Waals surface area (Å²) in [5, 5.41) is 7.94. The molecule has 0 saturated carbocycles. The Hall–Kier alpha value is -1.65.